The maximum Gasteiger partial charge on any atom is 0.338 e. The molecule has 0 amide bonds. The zero-order valence-electron chi connectivity index (χ0n) is 14.8. The molecule has 0 saturated carbocycles. The molecule has 2 aromatic carbocycles. The van der Waals surface area contributed by atoms with E-state index in [1.165, 1.54) is 7.11 Å². The molecule has 2 heterocycles. The Labute approximate surface area is 156 Å². The number of para-hydroxylation sites is 1. The molecular weight excluding hydrogens is 342 g/mol. The maximum absolute atomic E-state index is 12.5. The van der Waals surface area contributed by atoms with E-state index < -0.39 is 0 Å². The fourth-order valence-corrected chi connectivity index (χ4v) is 3.82. The Hall–Kier alpha value is -3.34. The molecule has 0 saturated heterocycles. The van der Waals surface area contributed by atoms with Crippen LogP contribution in [0.3, 0.4) is 0 Å². The lowest BCUT2D eigenvalue weighted by Gasteiger charge is -2.10. The topological polar surface area (TPSA) is 57.7 Å². The summed E-state index contributed by atoms with van der Waals surface area (Å²) in [6, 6.07) is 13.6. The van der Waals surface area contributed by atoms with Crippen LogP contribution in [0, 0.1) is 0 Å². The van der Waals surface area contributed by atoms with Crippen molar-refractivity contribution in [2.75, 3.05) is 13.9 Å². The number of methoxy groups -OCH3 is 1. The van der Waals surface area contributed by atoms with Crippen molar-refractivity contribution >= 4 is 28.5 Å². The van der Waals surface area contributed by atoms with Gasteiger partial charge in [0.1, 0.15) is 0 Å². The van der Waals surface area contributed by atoms with Gasteiger partial charge in [0.15, 0.2) is 11.5 Å². The molecule has 0 N–H and O–H groups in total. The number of fused-ring (bicyclic) bond motifs is 3. The predicted octanol–water partition coefficient (Wildman–Crippen LogP) is 4.24. The number of aromatic nitrogens is 1. The van der Waals surface area contributed by atoms with Crippen molar-refractivity contribution < 1.29 is 19.0 Å². The summed E-state index contributed by atoms with van der Waals surface area (Å²) in [5.74, 6) is 1.21. The molecule has 0 spiro atoms. The van der Waals surface area contributed by atoms with E-state index >= 15 is 0 Å². The number of benzene rings is 2. The van der Waals surface area contributed by atoms with Crippen LogP contribution in [0.15, 0.2) is 42.5 Å². The average molecular weight is 359 g/mol. The van der Waals surface area contributed by atoms with E-state index in [2.05, 4.69) is 6.08 Å². The minimum Gasteiger partial charge on any atom is -0.465 e. The Morgan fingerprint density at radius 2 is 1.96 bits per heavy atom. The quantitative estimate of drug-likeness (QED) is 0.641. The van der Waals surface area contributed by atoms with Crippen LogP contribution < -0.4 is 9.47 Å². The van der Waals surface area contributed by atoms with Crippen molar-refractivity contribution in [3.05, 3.63) is 64.8 Å². The van der Waals surface area contributed by atoms with Gasteiger partial charge in [-0.1, -0.05) is 24.3 Å². The first kappa shape index (κ1) is 15.9. The summed E-state index contributed by atoms with van der Waals surface area (Å²) in [6.07, 6.45) is 3.71. The SMILES string of the molecule is COC(=O)c1c2c(nc3ccccc13)/C(=C\c1ccc3c(c1)OCO3)CC2. The van der Waals surface area contributed by atoms with E-state index in [0.29, 0.717) is 5.56 Å². The van der Waals surface area contributed by atoms with Crippen LogP contribution in [0.25, 0.3) is 22.6 Å². The molecule has 1 aliphatic carbocycles. The summed E-state index contributed by atoms with van der Waals surface area (Å²) in [4.78, 5) is 17.3. The highest BCUT2D eigenvalue weighted by Gasteiger charge is 2.27. The van der Waals surface area contributed by atoms with Gasteiger partial charge in [-0.2, -0.15) is 0 Å². The number of carbonyl (C=O) groups excluding carboxylic acids is 1. The fraction of sp³-hybridized carbons (Fsp3) is 0.182. The van der Waals surface area contributed by atoms with E-state index in [1.807, 2.05) is 42.5 Å². The van der Waals surface area contributed by atoms with Gasteiger partial charge in [-0.15, -0.1) is 0 Å². The Bertz CT molecular complexity index is 1120. The minimum absolute atomic E-state index is 0.258. The van der Waals surface area contributed by atoms with Gasteiger partial charge in [0, 0.05) is 5.39 Å². The van der Waals surface area contributed by atoms with Gasteiger partial charge in [-0.25, -0.2) is 9.78 Å². The van der Waals surface area contributed by atoms with Crippen molar-refractivity contribution in [3.63, 3.8) is 0 Å². The Balaban J connectivity index is 1.66. The molecule has 27 heavy (non-hydrogen) atoms. The third-order valence-electron chi connectivity index (χ3n) is 5.07. The van der Waals surface area contributed by atoms with Gasteiger partial charge in [0.25, 0.3) is 0 Å². The Morgan fingerprint density at radius 3 is 2.85 bits per heavy atom. The fourth-order valence-electron chi connectivity index (χ4n) is 3.82. The van der Waals surface area contributed by atoms with Crippen LogP contribution in [0.1, 0.15) is 33.6 Å². The molecule has 0 atom stereocenters. The standard InChI is InChI=1S/C22H17NO4/c1-25-22(24)20-15-4-2-3-5-17(15)23-21-14(7-8-16(20)21)10-13-6-9-18-19(11-13)27-12-26-18/h2-6,9-11H,7-8,12H2,1H3/b14-10-. The van der Waals surface area contributed by atoms with Crippen LogP contribution in [0.2, 0.25) is 0 Å². The van der Waals surface area contributed by atoms with Crippen molar-refractivity contribution in [2.24, 2.45) is 0 Å². The predicted molar refractivity (Wildman–Crippen MR) is 102 cm³/mol. The Kier molecular flexibility index (Phi) is 3.60. The minimum atomic E-state index is -0.311. The number of pyridine rings is 1. The van der Waals surface area contributed by atoms with Crippen molar-refractivity contribution in [3.8, 4) is 11.5 Å². The van der Waals surface area contributed by atoms with Crippen LogP contribution in [-0.4, -0.2) is 24.9 Å². The van der Waals surface area contributed by atoms with E-state index in [-0.39, 0.29) is 12.8 Å². The summed E-state index contributed by atoms with van der Waals surface area (Å²) in [5.41, 5.74) is 5.41. The molecule has 5 nitrogen and oxygen atoms in total. The molecule has 2 aliphatic rings. The van der Waals surface area contributed by atoms with Crippen LogP contribution >= 0.6 is 0 Å². The van der Waals surface area contributed by atoms with Crippen molar-refractivity contribution in [1.29, 1.82) is 0 Å². The van der Waals surface area contributed by atoms with Gasteiger partial charge < -0.3 is 14.2 Å². The molecule has 5 heteroatoms. The number of hydrogen-bond acceptors (Lipinski definition) is 5. The van der Waals surface area contributed by atoms with E-state index in [9.17, 15) is 4.79 Å². The first-order valence-electron chi connectivity index (χ1n) is 8.85. The summed E-state index contributed by atoms with van der Waals surface area (Å²) in [6.45, 7) is 0.258. The summed E-state index contributed by atoms with van der Waals surface area (Å²) in [5, 5.41) is 0.840. The number of hydrogen-bond donors (Lipinski definition) is 0. The second-order valence-electron chi connectivity index (χ2n) is 6.60. The lowest BCUT2D eigenvalue weighted by Crippen LogP contribution is -2.08. The van der Waals surface area contributed by atoms with Gasteiger partial charge in [-0.3, -0.25) is 0 Å². The van der Waals surface area contributed by atoms with E-state index in [1.54, 1.807) is 0 Å². The molecule has 3 aromatic rings. The van der Waals surface area contributed by atoms with Crippen LogP contribution in [0.4, 0.5) is 0 Å². The van der Waals surface area contributed by atoms with Gasteiger partial charge in [0.2, 0.25) is 6.79 Å². The molecule has 1 aromatic heterocycles. The highest BCUT2D eigenvalue weighted by atomic mass is 16.7. The van der Waals surface area contributed by atoms with Crippen LogP contribution in [-0.2, 0) is 11.2 Å². The van der Waals surface area contributed by atoms with Crippen molar-refractivity contribution in [1.82, 2.24) is 4.98 Å². The number of carbonyl (C=O) groups is 1. The molecule has 1 aliphatic heterocycles. The second-order valence-corrected chi connectivity index (χ2v) is 6.60. The number of allylic oxidation sites excluding steroid dienone is 1. The maximum atomic E-state index is 12.5. The third kappa shape index (κ3) is 2.54. The Morgan fingerprint density at radius 1 is 1.11 bits per heavy atom. The molecule has 134 valence electrons. The van der Waals surface area contributed by atoms with Gasteiger partial charge in [-0.05, 0) is 53.8 Å². The summed E-state index contributed by atoms with van der Waals surface area (Å²) in [7, 11) is 1.42. The first-order chi connectivity index (χ1) is 13.2. The summed E-state index contributed by atoms with van der Waals surface area (Å²) >= 11 is 0. The highest BCUT2D eigenvalue weighted by molar-refractivity contribution is 6.07. The zero-order valence-corrected chi connectivity index (χ0v) is 14.8. The zero-order chi connectivity index (χ0) is 18.4. The van der Waals surface area contributed by atoms with Gasteiger partial charge in [0.05, 0.1) is 23.9 Å². The number of esters is 1. The largest absolute Gasteiger partial charge is 0.465 e. The number of nitrogens with zero attached hydrogens (tertiary/aromatic N) is 1. The smallest absolute Gasteiger partial charge is 0.338 e. The normalized spacial score (nSPS) is 16.0. The lowest BCUT2D eigenvalue weighted by atomic mass is 10.0. The number of ether oxygens (including phenoxy) is 3. The first-order valence-corrected chi connectivity index (χ1v) is 8.85. The molecule has 0 radical (unpaired) electrons. The average Bonchev–Trinajstić information content (AvgIpc) is 3.32. The number of rotatable bonds is 2. The molecule has 5 rings (SSSR count). The molecular formula is C22H17NO4. The lowest BCUT2D eigenvalue weighted by molar-refractivity contribution is 0.0602. The van der Waals surface area contributed by atoms with E-state index in [0.717, 1.165) is 57.6 Å². The third-order valence-corrected chi connectivity index (χ3v) is 5.07. The van der Waals surface area contributed by atoms with Crippen LogP contribution in [0.5, 0.6) is 11.5 Å². The molecule has 0 fully saturated rings. The van der Waals surface area contributed by atoms with E-state index in [4.69, 9.17) is 19.2 Å². The second kappa shape index (κ2) is 6.13. The molecule has 0 bridgehead atoms. The highest BCUT2D eigenvalue weighted by Crippen LogP contribution is 2.39. The monoisotopic (exact) mass is 359 g/mol. The summed E-state index contributed by atoms with van der Waals surface area (Å²) < 4.78 is 15.9. The van der Waals surface area contributed by atoms with Crippen molar-refractivity contribution in [2.45, 2.75) is 12.8 Å². The van der Waals surface area contributed by atoms with Gasteiger partial charge >= 0.3 is 5.97 Å². The molecule has 0 unspecified atom stereocenters.